The molecule has 110 valence electrons. The number of hydrogen-bond acceptors (Lipinski definition) is 5. The first-order valence-electron chi connectivity index (χ1n) is 6.04. The van der Waals surface area contributed by atoms with E-state index in [4.69, 9.17) is 16.3 Å². The van der Waals surface area contributed by atoms with Crippen LogP contribution in [0.2, 0.25) is 5.02 Å². The van der Waals surface area contributed by atoms with E-state index in [2.05, 4.69) is 10.3 Å². The molecule has 2 aromatic rings. The molecule has 0 saturated heterocycles. The Morgan fingerprint density at radius 3 is 2.71 bits per heavy atom. The Bertz CT molecular complexity index is 712. The number of aromatic nitrogens is 1. The van der Waals surface area contributed by atoms with E-state index in [1.165, 1.54) is 36.9 Å². The number of nitrogens with one attached hydrogen (secondary N) is 1. The molecule has 1 N–H and O–H groups in total. The van der Waals surface area contributed by atoms with E-state index in [1.807, 2.05) is 13.8 Å². The highest BCUT2D eigenvalue weighted by Crippen LogP contribution is 2.33. The second-order valence-electron chi connectivity index (χ2n) is 4.29. The van der Waals surface area contributed by atoms with Crippen molar-refractivity contribution in [3.05, 3.63) is 45.1 Å². The lowest BCUT2D eigenvalue weighted by Crippen LogP contribution is -2.15. The fraction of sp³-hybridized carbons (Fsp3) is 0.214. The predicted molar refractivity (Wildman–Crippen MR) is 82.3 cm³/mol. The number of thiophene rings is 1. The number of anilines is 1. The summed E-state index contributed by atoms with van der Waals surface area (Å²) in [7, 11) is 1.30. The third-order valence-electron chi connectivity index (χ3n) is 3.01. The maximum atomic E-state index is 12.2. The third-order valence-corrected chi connectivity index (χ3v) is 4.47. The molecule has 0 unspecified atom stereocenters. The maximum absolute atomic E-state index is 12.2. The summed E-state index contributed by atoms with van der Waals surface area (Å²) in [5.74, 6) is -0.899. The van der Waals surface area contributed by atoms with E-state index in [-0.39, 0.29) is 5.56 Å². The third kappa shape index (κ3) is 3.06. The van der Waals surface area contributed by atoms with E-state index in [0.717, 1.165) is 10.4 Å². The van der Waals surface area contributed by atoms with Crippen molar-refractivity contribution >= 4 is 39.8 Å². The fourth-order valence-electron chi connectivity index (χ4n) is 1.78. The van der Waals surface area contributed by atoms with Crippen LogP contribution >= 0.6 is 22.9 Å². The van der Waals surface area contributed by atoms with Gasteiger partial charge in [-0.05, 0) is 25.5 Å². The Morgan fingerprint density at radius 2 is 2.10 bits per heavy atom. The minimum absolute atomic E-state index is 0.249. The van der Waals surface area contributed by atoms with E-state index < -0.39 is 11.9 Å². The summed E-state index contributed by atoms with van der Waals surface area (Å²) in [6.07, 6.45) is 2.88. The van der Waals surface area contributed by atoms with Gasteiger partial charge in [-0.25, -0.2) is 4.79 Å². The highest BCUT2D eigenvalue weighted by atomic mass is 35.5. The van der Waals surface area contributed by atoms with Crippen molar-refractivity contribution in [1.29, 1.82) is 0 Å². The Morgan fingerprint density at radius 1 is 1.38 bits per heavy atom. The van der Waals surface area contributed by atoms with Crippen LogP contribution < -0.4 is 5.32 Å². The van der Waals surface area contributed by atoms with E-state index in [1.54, 1.807) is 0 Å². The van der Waals surface area contributed by atoms with Crippen LogP contribution in [0.15, 0.2) is 18.5 Å². The van der Waals surface area contributed by atoms with Crippen LogP contribution in [0.4, 0.5) is 5.00 Å². The van der Waals surface area contributed by atoms with Gasteiger partial charge in [0.25, 0.3) is 5.91 Å². The number of pyridine rings is 1. The normalized spacial score (nSPS) is 10.3. The van der Waals surface area contributed by atoms with Crippen LogP contribution in [0.5, 0.6) is 0 Å². The topological polar surface area (TPSA) is 68.3 Å². The standard InChI is InChI=1S/C14H13ClN2O3S/c1-7-8(2)21-13(11(7)14(19)20-3)17-12(18)9-6-16-5-4-10(9)15/h4-6H,1-3H3,(H,17,18). The van der Waals surface area contributed by atoms with Gasteiger partial charge in [-0.15, -0.1) is 11.3 Å². The Labute approximate surface area is 130 Å². The number of carbonyl (C=O) groups excluding carboxylic acids is 2. The van der Waals surface area contributed by atoms with Gasteiger partial charge in [0.1, 0.15) is 5.00 Å². The maximum Gasteiger partial charge on any atom is 0.341 e. The zero-order valence-electron chi connectivity index (χ0n) is 11.7. The van der Waals surface area contributed by atoms with Crippen LogP contribution in [0.25, 0.3) is 0 Å². The van der Waals surface area contributed by atoms with Crippen molar-refractivity contribution in [2.45, 2.75) is 13.8 Å². The minimum atomic E-state index is -0.482. The molecule has 2 aromatic heterocycles. The van der Waals surface area contributed by atoms with Gasteiger partial charge in [0.05, 0.1) is 23.3 Å². The number of methoxy groups -OCH3 is 1. The molecule has 2 rings (SSSR count). The SMILES string of the molecule is COC(=O)c1c(NC(=O)c2cnccc2Cl)sc(C)c1C. The van der Waals surface area contributed by atoms with Gasteiger partial charge in [0.15, 0.2) is 0 Å². The quantitative estimate of drug-likeness (QED) is 0.878. The van der Waals surface area contributed by atoms with Crippen LogP contribution in [-0.2, 0) is 4.74 Å². The highest BCUT2D eigenvalue weighted by molar-refractivity contribution is 7.16. The van der Waals surface area contributed by atoms with Gasteiger partial charge in [-0.3, -0.25) is 9.78 Å². The number of rotatable bonds is 3. The number of esters is 1. The van der Waals surface area contributed by atoms with Gasteiger partial charge in [0, 0.05) is 17.3 Å². The van der Waals surface area contributed by atoms with Crippen molar-refractivity contribution in [2.75, 3.05) is 12.4 Å². The molecule has 0 aliphatic rings. The van der Waals surface area contributed by atoms with Gasteiger partial charge in [-0.1, -0.05) is 11.6 Å². The summed E-state index contributed by atoms with van der Waals surface area (Å²) in [4.78, 5) is 28.9. The van der Waals surface area contributed by atoms with Gasteiger partial charge >= 0.3 is 5.97 Å². The van der Waals surface area contributed by atoms with Crippen molar-refractivity contribution in [3.8, 4) is 0 Å². The molecule has 0 fully saturated rings. The Kier molecular flexibility index (Phi) is 4.59. The summed E-state index contributed by atoms with van der Waals surface area (Å²) < 4.78 is 4.76. The fourth-order valence-corrected chi connectivity index (χ4v) is 3.01. The first-order chi connectivity index (χ1) is 9.95. The average Bonchev–Trinajstić information content (AvgIpc) is 2.73. The Hall–Kier alpha value is -1.92. The van der Waals surface area contributed by atoms with Gasteiger partial charge in [0.2, 0.25) is 0 Å². The highest BCUT2D eigenvalue weighted by Gasteiger charge is 2.22. The molecule has 21 heavy (non-hydrogen) atoms. The summed E-state index contributed by atoms with van der Waals surface area (Å²) in [6, 6.07) is 1.53. The molecule has 0 aromatic carbocycles. The molecule has 7 heteroatoms. The van der Waals surface area contributed by atoms with E-state index >= 15 is 0 Å². The van der Waals surface area contributed by atoms with E-state index in [0.29, 0.717) is 15.6 Å². The predicted octanol–water partition coefficient (Wildman–Crippen LogP) is 3.45. The molecule has 0 spiro atoms. The van der Waals surface area contributed by atoms with Crippen molar-refractivity contribution in [1.82, 2.24) is 4.98 Å². The van der Waals surface area contributed by atoms with Crippen molar-refractivity contribution in [2.24, 2.45) is 0 Å². The molecule has 2 heterocycles. The number of amides is 1. The molecule has 0 atom stereocenters. The van der Waals surface area contributed by atoms with Crippen molar-refractivity contribution < 1.29 is 14.3 Å². The first kappa shape index (κ1) is 15.5. The van der Waals surface area contributed by atoms with Crippen LogP contribution in [0.1, 0.15) is 31.2 Å². The molecule has 0 aliphatic carbocycles. The number of aryl methyl sites for hydroxylation is 1. The second-order valence-corrected chi connectivity index (χ2v) is 5.92. The number of nitrogens with zero attached hydrogens (tertiary/aromatic N) is 1. The van der Waals surface area contributed by atoms with Crippen LogP contribution in [-0.4, -0.2) is 24.0 Å². The molecule has 0 saturated carbocycles. The monoisotopic (exact) mass is 324 g/mol. The summed E-state index contributed by atoms with van der Waals surface area (Å²) >= 11 is 7.28. The minimum Gasteiger partial charge on any atom is -0.465 e. The molecule has 5 nitrogen and oxygen atoms in total. The average molecular weight is 325 g/mol. The molecule has 0 bridgehead atoms. The molecule has 1 amide bonds. The zero-order chi connectivity index (χ0) is 15.6. The summed E-state index contributed by atoms with van der Waals surface area (Å²) in [6.45, 7) is 3.68. The lowest BCUT2D eigenvalue weighted by Gasteiger charge is -2.07. The van der Waals surface area contributed by atoms with E-state index in [9.17, 15) is 9.59 Å². The van der Waals surface area contributed by atoms with Gasteiger partial charge < -0.3 is 10.1 Å². The smallest absolute Gasteiger partial charge is 0.341 e. The molecular formula is C14H13ClN2O3S. The zero-order valence-corrected chi connectivity index (χ0v) is 13.3. The summed E-state index contributed by atoms with van der Waals surface area (Å²) in [5, 5.41) is 3.44. The lowest BCUT2D eigenvalue weighted by atomic mass is 10.1. The number of halogens is 1. The van der Waals surface area contributed by atoms with Crippen molar-refractivity contribution in [3.63, 3.8) is 0 Å². The van der Waals surface area contributed by atoms with Crippen LogP contribution in [0.3, 0.4) is 0 Å². The number of carbonyl (C=O) groups is 2. The van der Waals surface area contributed by atoms with Gasteiger partial charge in [-0.2, -0.15) is 0 Å². The number of hydrogen-bond donors (Lipinski definition) is 1. The first-order valence-corrected chi connectivity index (χ1v) is 7.24. The molecule has 0 aliphatic heterocycles. The number of ether oxygens (including phenoxy) is 1. The molecular weight excluding hydrogens is 312 g/mol. The molecule has 0 radical (unpaired) electrons. The second kappa shape index (κ2) is 6.24. The van der Waals surface area contributed by atoms with Crippen LogP contribution in [0, 0.1) is 13.8 Å². The lowest BCUT2D eigenvalue weighted by molar-refractivity contribution is 0.0601. The Balaban J connectivity index is 2.36. The summed E-state index contributed by atoms with van der Waals surface area (Å²) in [5.41, 5.74) is 1.41. The largest absolute Gasteiger partial charge is 0.465 e.